The molecule has 0 atom stereocenters. The van der Waals surface area contributed by atoms with Gasteiger partial charge in [-0.1, -0.05) is 0 Å². The van der Waals surface area contributed by atoms with Crippen LogP contribution in [-0.2, 0) is 4.84 Å². The van der Waals surface area contributed by atoms with Crippen LogP contribution in [0.4, 0.5) is 13.9 Å². The lowest BCUT2D eigenvalue weighted by atomic mass is 10.9. The summed E-state index contributed by atoms with van der Waals surface area (Å²) in [5.74, 6) is -2.51. The lowest BCUT2D eigenvalue weighted by molar-refractivity contribution is 0.251. The fourth-order valence-electron chi connectivity index (χ4n) is 0.848. The van der Waals surface area contributed by atoms with Crippen molar-refractivity contribution in [3.63, 3.8) is 0 Å². The molecule has 0 bridgehead atoms. The van der Waals surface area contributed by atoms with E-state index in [-0.39, 0.29) is 11.9 Å². The van der Waals surface area contributed by atoms with E-state index < -0.39 is 5.76 Å². The van der Waals surface area contributed by atoms with Crippen molar-refractivity contribution in [1.29, 1.82) is 0 Å². The minimum atomic E-state index is -2.51. The maximum atomic E-state index is 11.9. The Hall–Kier alpha value is -0.890. The van der Waals surface area contributed by atoms with Crippen molar-refractivity contribution >= 4 is 33.5 Å². The Kier molecular flexibility index (Phi) is 2.82. The van der Waals surface area contributed by atoms with Gasteiger partial charge in [-0.15, -0.1) is 11.3 Å². The summed E-state index contributed by atoms with van der Waals surface area (Å²) in [5.41, 5.74) is 0. The summed E-state index contributed by atoms with van der Waals surface area (Å²) >= 11 is 1.65. The SMILES string of the molecule is FC(F)SC1=NCN(c2nccs2)O1. The molecule has 1 aromatic heterocycles. The van der Waals surface area contributed by atoms with Gasteiger partial charge < -0.3 is 4.84 Å². The average Bonchev–Trinajstić information content (AvgIpc) is 2.69. The van der Waals surface area contributed by atoms with E-state index in [1.165, 1.54) is 16.4 Å². The van der Waals surface area contributed by atoms with Crippen molar-refractivity contribution in [1.82, 2.24) is 4.98 Å². The molecular weight excluding hydrogens is 232 g/mol. The molecule has 2 rings (SSSR count). The standard InChI is InChI=1S/C6H5F2N3OS2/c7-4(8)14-6-10-3-11(12-6)5-9-1-2-13-5/h1-2,4H,3H2. The van der Waals surface area contributed by atoms with Gasteiger partial charge in [-0.3, -0.25) is 0 Å². The molecule has 4 nitrogen and oxygen atoms in total. The first-order chi connectivity index (χ1) is 6.75. The largest absolute Gasteiger partial charge is 0.348 e. The molecule has 0 fully saturated rings. The number of nitrogens with zero attached hydrogens (tertiary/aromatic N) is 3. The summed E-state index contributed by atoms with van der Waals surface area (Å²) in [7, 11) is 0. The molecule has 0 saturated carbocycles. The number of anilines is 1. The number of aliphatic imine (C=N–C) groups is 1. The van der Waals surface area contributed by atoms with E-state index in [2.05, 4.69) is 9.98 Å². The molecular formula is C6H5F2N3OS2. The molecule has 0 aromatic carbocycles. The highest BCUT2D eigenvalue weighted by atomic mass is 32.2. The van der Waals surface area contributed by atoms with Crippen LogP contribution in [0.2, 0.25) is 0 Å². The average molecular weight is 237 g/mol. The van der Waals surface area contributed by atoms with Gasteiger partial charge in [0, 0.05) is 23.3 Å². The van der Waals surface area contributed by atoms with Gasteiger partial charge in [0.1, 0.15) is 0 Å². The van der Waals surface area contributed by atoms with Crippen LogP contribution < -0.4 is 5.06 Å². The Morgan fingerprint density at radius 2 is 2.50 bits per heavy atom. The van der Waals surface area contributed by atoms with Gasteiger partial charge in [-0.2, -0.15) is 13.8 Å². The van der Waals surface area contributed by atoms with E-state index in [1.54, 1.807) is 11.6 Å². The molecule has 1 aromatic rings. The van der Waals surface area contributed by atoms with E-state index >= 15 is 0 Å². The number of hydroxylamine groups is 1. The second-order valence-electron chi connectivity index (χ2n) is 2.23. The third-order valence-electron chi connectivity index (χ3n) is 1.34. The molecule has 0 spiro atoms. The number of halogens is 2. The van der Waals surface area contributed by atoms with Crippen molar-refractivity contribution in [3.05, 3.63) is 11.6 Å². The Bertz CT molecular complexity index is 330. The molecule has 1 aliphatic heterocycles. The smallest absolute Gasteiger partial charge is 0.293 e. The molecule has 1 aliphatic rings. The first-order valence-electron chi connectivity index (χ1n) is 3.60. The van der Waals surface area contributed by atoms with Crippen LogP contribution in [0, 0.1) is 0 Å². The molecule has 14 heavy (non-hydrogen) atoms. The van der Waals surface area contributed by atoms with Crippen LogP contribution in [0.15, 0.2) is 16.6 Å². The van der Waals surface area contributed by atoms with Crippen LogP contribution in [0.5, 0.6) is 0 Å². The van der Waals surface area contributed by atoms with Crippen LogP contribution in [0.3, 0.4) is 0 Å². The molecule has 2 heterocycles. The van der Waals surface area contributed by atoms with Crippen LogP contribution in [0.1, 0.15) is 0 Å². The van der Waals surface area contributed by atoms with Gasteiger partial charge in [0.15, 0.2) is 6.67 Å². The van der Waals surface area contributed by atoms with Gasteiger partial charge in [-0.05, 0) is 0 Å². The highest BCUT2D eigenvalue weighted by Crippen LogP contribution is 2.25. The van der Waals surface area contributed by atoms with Gasteiger partial charge >= 0.3 is 0 Å². The fourth-order valence-corrected chi connectivity index (χ4v) is 1.84. The third-order valence-corrected chi connectivity index (χ3v) is 2.70. The number of hydrogen-bond acceptors (Lipinski definition) is 6. The lowest BCUT2D eigenvalue weighted by Gasteiger charge is -2.11. The summed E-state index contributed by atoms with van der Waals surface area (Å²) in [6.45, 7) is 0.211. The number of thioether (sulfide) groups is 1. The summed E-state index contributed by atoms with van der Waals surface area (Å²) in [6, 6.07) is 0. The van der Waals surface area contributed by atoms with Crippen molar-refractivity contribution in [2.45, 2.75) is 5.76 Å². The van der Waals surface area contributed by atoms with E-state index in [0.29, 0.717) is 16.9 Å². The summed E-state index contributed by atoms with van der Waals surface area (Å²) in [5, 5.41) is 3.74. The monoisotopic (exact) mass is 237 g/mol. The van der Waals surface area contributed by atoms with E-state index in [9.17, 15) is 8.78 Å². The predicted molar refractivity (Wildman–Crippen MR) is 51.6 cm³/mol. The summed E-state index contributed by atoms with van der Waals surface area (Å²) in [4.78, 5) is 12.8. The van der Waals surface area contributed by atoms with E-state index in [4.69, 9.17) is 4.84 Å². The summed E-state index contributed by atoms with van der Waals surface area (Å²) in [6.07, 6.45) is 1.61. The minimum absolute atomic E-state index is 0.0183. The fraction of sp³-hybridized carbons (Fsp3) is 0.333. The van der Waals surface area contributed by atoms with Crippen molar-refractivity contribution in [2.75, 3.05) is 11.7 Å². The Labute approximate surface area is 86.6 Å². The second kappa shape index (κ2) is 4.09. The Morgan fingerprint density at radius 3 is 3.14 bits per heavy atom. The van der Waals surface area contributed by atoms with Gasteiger partial charge in [0.25, 0.3) is 11.0 Å². The Morgan fingerprint density at radius 1 is 1.64 bits per heavy atom. The summed E-state index contributed by atoms with van der Waals surface area (Å²) < 4.78 is 23.9. The zero-order valence-corrected chi connectivity index (χ0v) is 8.39. The lowest BCUT2D eigenvalue weighted by Crippen LogP contribution is -2.18. The van der Waals surface area contributed by atoms with Gasteiger partial charge in [0.2, 0.25) is 5.13 Å². The first kappa shape index (κ1) is 9.66. The Balaban J connectivity index is 1.93. The second-order valence-corrected chi connectivity index (χ2v) is 4.04. The first-order valence-corrected chi connectivity index (χ1v) is 5.36. The van der Waals surface area contributed by atoms with Crippen LogP contribution in [-0.4, -0.2) is 22.6 Å². The van der Waals surface area contributed by atoms with Crippen molar-refractivity contribution < 1.29 is 13.6 Å². The quantitative estimate of drug-likeness (QED) is 0.790. The molecule has 76 valence electrons. The van der Waals surface area contributed by atoms with E-state index in [0.717, 1.165) is 0 Å². The van der Waals surface area contributed by atoms with Gasteiger partial charge in [-0.25, -0.2) is 9.98 Å². The molecule has 0 N–H and O–H groups in total. The van der Waals surface area contributed by atoms with Crippen LogP contribution in [0.25, 0.3) is 0 Å². The molecule has 0 radical (unpaired) electrons. The highest BCUT2D eigenvalue weighted by Gasteiger charge is 2.23. The molecule has 0 aliphatic carbocycles. The zero-order chi connectivity index (χ0) is 9.97. The number of rotatable bonds is 2. The topological polar surface area (TPSA) is 37.7 Å². The molecule has 8 heteroatoms. The third kappa shape index (κ3) is 2.13. The minimum Gasteiger partial charge on any atom is -0.348 e. The zero-order valence-electron chi connectivity index (χ0n) is 6.76. The maximum Gasteiger partial charge on any atom is 0.293 e. The van der Waals surface area contributed by atoms with Crippen molar-refractivity contribution in [3.8, 4) is 0 Å². The number of thiazole rings is 1. The number of aromatic nitrogens is 1. The number of alkyl halides is 2. The molecule has 0 saturated heterocycles. The number of hydrogen-bond donors (Lipinski definition) is 0. The normalized spacial score (nSPS) is 15.9. The van der Waals surface area contributed by atoms with E-state index in [1.807, 2.05) is 0 Å². The van der Waals surface area contributed by atoms with Crippen LogP contribution >= 0.6 is 23.1 Å². The maximum absolute atomic E-state index is 11.9. The highest BCUT2D eigenvalue weighted by molar-refractivity contribution is 8.13. The van der Waals surface area contributed by atoms with Gasteiger partial charge in [0.05, 0.1) is 0 Å². The van der Waals surface area contributed by atoms with Crippen molar-refractivity contribution in [2.24, 2.45) is 4.99 Å². The molecule has 0 amide bonds. The predicted octanol–water partition coefficient (Wildman–Crippen LogP) is 2.16. The molecule has 0 unspecified atom stereocenters.